The Hall–Kier alpha value is -3.94. The molecule has 0 spiro atoms. The van der Waals surface area contributed by atoms with Crippen molar-refractivity contribution in [1.82, 2.24) is 10.2 Å². The molecule has 3 rings (SSSR count). The highest BCUT2D eigenvalue weighted by Crippen LogP contribution is 2.39. The molecule has 194 valence electrons. The lowest BCUT2D eigenvalue weighted by molar-refractivity contribution is -0.150. The Morgan fingerprint density at radius 3 is 2.33 bits per heavy atom. The van der Waals surface area contributed by atoms with Crippen molar-refractivity contribution in [2.45, 2.75) is 44.7 Å². The lowest BCUT2D eigenvalue weighted by Gasteiger charge is -2.49. The van der Waals surface area contributed by atoms with E-state index in [4.69, 9.17) is 14.2 Å². The van der Waals surface area contributed by atoms with Crippen LogP contribution in [0.1, 0.15) is 27.7 Å². The normalized spacial score (nSPS) is 21.8. The van der Waals surface area contributed by atoms with Gasteiger partial charge in [-0.1, -0.05) is 18.2 Å². The molecule has 0 unspecified atom stereocenters. The smallest absolute Gasteiger partial charge is 0.408 e. The molecular weight excluding hydrogens is 496 g/mol. The van der Waals surface area contributed by atoms with E-state index in [1.165, 1.54) is 0 Å². The molecule has 0 saturated carbocycles. The Labute approximate surface area is 207 Å². The topological polar surface area (TPSA) is 170 Å². The first-order valence-corrected chi connectivity index (χ1v) is 12.2. The van der Waals surface area contributed by atoms with E-state index in [1.807, 2.05) is 0 Å². The van der Waals surface area contributed by atoms with Crippen molar-refractivity contribution < 1.29 is 41.8 Å². The summed E-state index contributed by atoms with van der Waals surface area (Å²) in [4.78, 5) is 50.1. The number of amides is 2. The van der Waals surface area contributed by atoms with Gasteiger partial charge in [0, 0.05) is 6.92 Å². The van der Waals surface area contributed by atoms with E-state index in [2.05, 4.69) is 15.8 Å². The molecule has 0 aromatic heterocycles. The molecule has 13 nitrogen and oxygen atoms in total. The molecule has 36 heavy (non-hydrogen) atoms. The minimum absolute atomic E-state index is 0.360. The van der Waals surface area contributed by atoms with Crippen molar-refractivity contribution in [2.75, 3.05) is 19.1 Å². The van der Waals surface area contributed by atoms with Crippen molar-refractivity contribution in [2.24, 2.45) is 5.10 Å². The molecule has 1 saturated heterocycles. The monoisotopic (exact) mass is 522 g/mol. The third kappa shape index (κ3) is 5.32. The summed E-state index contributed by atoms with van der Waals surface area (Å²) in [5.74, 6) is -2.72. The van der Waals surface area contributed by atoms with Gasteiger partial charge in [-0.2, -0.15) is 5.10 Å². The zero-order valence-electron chi connectivity index (χ0n) is 20.2. The number of nitrogens with one attached hydrogen (secondary N) is 2. The second-order valence-corrected chi connectivity index (χ2v) is 10.7. The van der Waals surface area contributed by atoms with Gasteiger partial charge in [-0.05, 0) is 32.9 Å². The summed E-state index contributed by atoms with van der Waals surface area (Å²) < 4.78 is 42.2. The van der Waals surface area contributed by atoms with E-state index in [-0.39, 0.29) is 5.57 Å². The van der Waals surface area contributed by atoms with Gasteiger partial charge < -0.3 is 19.5 Å². The number of rotatable bonds is 6. The van der Waals surface area contributed by atoms with Crippen LogP contribution < -0.4 is 10.7 Å². The first kappa shape index (κ1) is 26.7. The minimum Gasteiger partial charge on any atom is -0.464 e. The first-order chi connectivity index (χ1) is 16.8. The third-order valence-corrected chi connectivity index (χ3v) is 6.94. The Morgan fingerprint density at radius 2 is 1.78 bits per heavy atom. The molecule has 0 radical (unpaired) electrons. The number of carbonyl (C=O) groups excluding carboxylic acids is 4. The van der Waals surface area contributed by atoms with Crippen LogP contribution in [-0.4, -0.2) is 73.0 Å². The fourth-order valence-corrected chi connectivity index (χ4v) is 5.43. The van der Waals surface area contributed by atoms with Gasteiger partial charge in [0.1, 0.15) is 23.9 Å². The molecule has 2 aliphatic rings. The maximum absolute atomic E-state index is 13.6. The number of hydrogen-bond acceptors (Lipinski definition) is 11. The quantitative estimate of drug-likeness (QED) is 0.237. The average Bonchev–Trinajstić information content (AvgIpc) is 2.78. The number of nitrogens with zero attached hydrogens (tertiary/aromatic N) is 2. The van der Waals surface area contributed by atoms with Crippen LogP contribution >= 0.6 is 0 Å². The summed E-state index contributed by atoms with van der Waals surface area (Å²) in [6, 6.07) is 6.76. The highest BCUT2D eigenvalue weighted by Gasteiger charge is 2.63. The molecule has 2 heterocycles. The standard InChI is InChI=1S/C22H26N4O9S/c1-12(27)34-11-14-16(20(29)33-5)26-18(28)15(23-21(30)35-22(2,3)4)19(26)36(31,32)17(14)25-24-13-9-7-6-8-10-13/h6-10,15,19,24H,11H2,1-5H3,(H,23,30)/b25-17-/t15-,19-/m1/s1. The Balaban J connectivity index is 2.12. The third-order valence-electron chi connectivity index (χ3n) is 4.95. The lowest BCUT2D eigenvalue weighted by atomic mass is 10.0. The molecule has 0 bridgehead atoms. The largest absolute Gasteiger partial charge is 0.464 e. The second-order valence-electron chi connectivity index (χ2n) is 8.76. The number of sulfone groups is 1. The fraction of sp³-hybridized carbons (Fsp3) is 0.409. The SMILES string of the molecule is COC(=O)C1=C(COC(C)=O)/C(=N/Nc2ccccc2)S(=O)(=O)[C@@H]2[C@H](NC(=O)OC(C)(C)C)C(=O)N12. The van der Waals surface area contributed by atoms with E-state index in [1.54, 1.807) is 51.1 Å². The summed E-state index contributed by atoms with van der Waals surface area (Å²) in [6.07, 6.45) is -1.02. The van der Waals surface area contributed by atoms with Crippen LogP contribution in [0, 0.1) is 0 Å². The molecule has 2 atom stereocenters. The lowest BCUT2D eigenvalue weighted by Crippen LogP contribution is -2.75. The van der Waals surface area contributed by atoms with Crippen molar-refractivity contribution in [3.8, 4) is 0 Å². The zero-order chi connectivity index (χ0) is 26.8. The van der Waals surface area contributed by atoms with Crippen molar-refractivity contribution in [3.63, 3.8) is 0 Å². The Kier molecular flexibility index (Phi) is 7.38. The van der Waals surface area contributed by atoms with Crippen LogP contribution in [0.25, 0.3) is 0 Å². The maximum Gasteiger partial charge on any atom is 0.408 e. The van der Waals surface area contributed by atoms with Crippen LogP contribution in [0.4, 0.5) is 10.5 Å². The number of fused-ring (bicyclic) bond motifs is 1. The molecule has 0 aliphatic carbocycles. The summed E-state index contributed by atoms with van der Waals surface area (Å²) in [6.45, 7) is 5.19. The van der Waals surface area contributed by atoms with Crippen molar-refractivity contribution in [1.29, 1.82) is 0 Å². The predicted octanol–water partition coefficient (Wildman–Crippen LogP) is 0.892. The zero-order valence-corrected chi connectivity index (χ0v) is 21.0. The van der Waals surface area contributed by atoms with Gasteiger partial charge >= 0.3 is 18.0 Å². The summed E-state index contributed by atoms with van der Waals surface area (Å²) in [5.41, 5.74) is 1.26. The number of hydrazone groups is 1. The van der Waals surface area contributed by atoms with Gasteiger partial charge in [0.25, 0.3) is 5.91 Å². The molecule has 1 aromatic carbocycles. The first-order valence-electron chi connectivity index (χ1n) is 10.7. The van der Waals surface area contributed by atoms with E-state index in [9.17, 15) is 27.6 Å². The maximum atomic E-state index is 13.6. The minimum atomic E-state index is -4.51. The van der Waals surface area contributed by atoms with Crippen molar-refractivity contribution >= 4 is 44.5 Å². The number of carbonyl (C=O) groups is 4. The van der Waals surface area contributed by atoms with Gasteiger partial charge in [-0.3, -0.25) is 19.9 Å². The molecular formula is C22H26N4O9S. The van der Waals surface area contributed by atoms with E-state index < -0.39 is 68.1 Å². The number of alkyl carbamates (subject to hydrolysis) is 1. The summed E-state index contributed by atoms with van der Waals surface area (Å²) in [5, 5.41) is 3.86. The second kappa shape index (κ2) is 9.97. The number of anilines is 1. The summed E-state index contributed by atoms with van der Waals surface area (Å²) >= 11 is 0. The predicted molar refractivity (Wildman–Crippen MR) is 126 cm³/mol. The number of esters is 2. The van der Waals surface area contributed by atoms with Crippen LogP contribution in [0.5, 0.6) is 0 Å². The molecule has 1 aromatic rings. The summed E-state index contributed by atoms with van der Waals surface area (Å²) in [7, 11) is -3.47. The number of ether oxygens (including phenoxy) is 3. The van der Waals surface area contributed by atoms with Crippen LogP contribution in [0.15, 0.2) is 46.7 Å². The van der Waals surface area contributed by atoms with Gasteiger partial charge in [0.2, 0.25) is 9.84 Å². The van der Waals surface area contributed by atoms with E-state index in [0.717, 1.165) is 14.0 Å². The van der Waals surface area contributed by atoms with Gasteiger partial charge in [0.15, 0.2) is 10.4 Å². The number of para-hydroxylation sites is 1. The number of β-lactam (4-membered cyclic amide) rings is 1. The van der Waals surface area contributed by atoms with E-state index >= 15 is 0 Å². The van der Waals surface area contributed by atoms with Crippen molar-refractivity contribution in [3.05, 3.63) is 41.6 Å². The van der Waals surface area contributed by atoms with Gasteiger partial charge in [-0.25, -0.2) is 18.0 Å². The number of benzene rings is 1. The highest BCUT2D eigenvalue weighted by molar-refractivity contribution is 8.07. The fourth-order valence-electron chi connectivity index (χ4n) is 3.50. The molecule has 2 N–H and O–H groups in total. The Bertz CT molecular complexity index is 1250. The molecule has 2 amide bonds. The number of methoxy groups -OCH3 is 1. The van der Waals surface area contributed by atoms with Gasteiger partial charge in [0.05, 0.1) is 18.4 Å². The molecule has 2 aliphatic heterocycles. The number of hydrogen-bond donors (Lipinski definition) is 2. The van der Waals surface area contributed by atoms with Crippen LogP contribution in [-0.2, 0) is 38.4 Å². The Morgan fingerprint density at radius 1 is 1.14 bits per heavy atom. The molecule has 14 heteroatoms. The average molecular weight is 523 g/mol. The molecule has 1 fully saturated rings. The van der Waals surface area contributed by atoms with Gasteiger partial charge in [-0.15, -0.1) is 0 Å². The van der Waals surface area contributed by atoms with Crippen LogP contribution in [0.2, 0.25) is 0 Å². The highest BCUT2D eigenvalue weighted by atomic mass is 32.2. The van der Waals surface area contributed by atoms with Crippen LogP contribution in [0.3, 0.4) is 0 Å². The van der Waals surface area contributed by atoms with E-state index in [0.29, 0.717) is 10.6 Å².